The molecular weight excluding hydrogens is 396 g/mol. The summed E-state index contributed by atoms with van der Waals surface area (Å²) in [5, 5.41) is 5.82. The van der Waals surface area contributed by atoms with Crippen molar-refractivity contribution in [1.82, 2.24) is 9.55 Å². The number of benzene rings is 2. The molecule has 3 aromatic rings. The summed E-state index contributed by atoms with van der Waals surface area (Å²) in [7, 11) is 1.54. The van der Waals surface area contributed by atoms with E-state index in [0.717, 1.165) is 31.5 Å². The van der Waals surface area contributed by atoms with Crippen LogP contribution >= 0.6 is 0 Å². The molecular formula is C23H24N4O4. The average Bonchev–Trinajstić information content (AvgIpc) is 3.00. The van der Waals surface area contributed by atoms with Gasteiger partial charge in [0.15, 0.2) is 0 Å². The van der Waals surface area contributed by atoms with E-state index in [1.54, 1.807) is 47.0 Å². The highest BCUT2D eigenvalue weighted by molar-refractivity contribution is 6.08. The first-order valence-electron chi connectivity index (χ1n) is 10.3. The number of nitrogens with one attached hydrogen (secondary N) is 2. The molecule has 2 N–H and O–H groups in total. The number of fused-ring (bicyclic) bond motifs is 2. The van der Waals surface area contributed by atoms with Crippen LogP contribution in [0.4, 0.5) is 11.4 Å². The first-order chi connectivity index (χ1) is 15.0. The summed E-state index contributed by atoms with van der Waals surface area (Å²) in [4.78, 5) is 42.1. The Hall–Kier alpha value is -3.68. The molecule has 0 unspecified atom stereocenters. The second-order valence-electron chi connectivity index (χ2n) is 7.53. The molecule has 2 aromatic carbocycles. The molecule has 0 bridgehead atoms. The summed E-state index contributed by atoms with van der Waals surface area (Å²) in [6.07, 6.45) is 3.52. The van der Waals surface area contributed by atoms with Gasteiger partial charge in [-0.2, -0.15) is 0 Å². The Morgan fingerprint density at radius 3 is 2.58 bits per heavy atom. The van der Waals surface area contributed by atoms with E-state index in [9.17, 15) is 14.4 Å². The van der Waals surface area contributed by atoms with Gasteiger partial charge in [-0.3, -0.25) is 19.0 Å². The number of nitrogens with zero attached hydrogens (tertiary/aromatic N) is 2. The van der Waals surface area contributed by atoms with Crippen molar-refractivity contribution in [1.29, 1.82) is 0 Å². The maximum absolute atomic E-state index is 12.9. The topological polar surface area (TPSA) is 102 Å². The minimum absolute atomic E-state index is 0.0891. The lowest BCUT2D eigenvalue weighted by atomic mass is 10.2. The van der Waals surface area contributed by atoms with Crippen molar-refractivity contribution in [3.05, 3.63) is 58.6 Å². The molecule has 8 nitrogen and oxygen atoms in total. The molecule has 0 saturated heterocycles. The molecule has 0 atom stereocenters. The number of ether oxygens (including phenoxy) is 1. The Bertz CT molecular complexity index is 1200. The first-order valence-corrected chi connectivity index (χ1v) is 10.3. The number of carbonyl (C=O) groups excluding carboxylic acids is 2. The Balaban J connectivity index is 1.46. The molecule has 31 heavy (non-hydrogen) atoms. The zero-order valence-electron chi connectivity index (χ0n) is 17.3. The Kier molecular flexibility index (Phi) is 5.97. The minimum atomic E-state index is -0.470. The largest absolute Gasteiger partial charge is 0.497 e. The number of hydrogen-bond acceptors (Lipinski definition) is 5. The van der Waals surface area contributed by atoms with Crippen molar-refractivity contribution < 1.29 is 14.3 Å². The number of aryl methyl sites for hydroxylation is 1. The van der Waals surface area contributed by atoms with Gasteiger partial charge in [0.25, 0.3) is 5.56 Å². The summed E-state index contributed by atoms with van der Waals surface area (Å²) in [5.74, 6) is 0.512. The van der Waals surface area contributed by atoms with Crippen LogP contribution in [0.1, 0.15) is 31.5 Å². The highest BCUT2D eigenvalue weighted by Gasteiger charge is 2.15. The number of amides is 2. The molecule has 1 aliphatic heterocycles. The van der Waals surface area contributed by atoms with Crippen LogP contribution in [0.25, 0.3) is 10.9 Å². The molecule has 0 aliphatic carbocycles. The summed E-state index contributed by atoms with van der Waals surface area (Å²) in [6.45, 7) is 0.665. The highest BCUT2D eigenvalue weighted by Crippen LogP contribution is 2.19. The van der Waals surface area contributed by atoms with E-state index in [1.165, 1.54) is 7.11 Å². The minimum Gasteiger partial charge on any atom is -0.497 e. The molecule has 160 valence electrons. The number of anilines is 2. The van der Waals surface area contributed by atoms with Crippen molar-refractivity contribution in [2.24, 2.45) is 0 Å². The number of rotatable bonds is 5. The fourth-order valence-corrected chi connectivity index (χ4v) is 3.75. The maximum atomic E-state index is 12.9. The van der Waals surface area contributed by atoms with Gasteiger partial charge in [-0.1, -0.05) is 12.5 Å². The Morgan fingerprint density at radius 2 is 1.81 bits per heavy atom. The molecule has 2 heterocycles. The van der Waals surface area contributed by atoms with E-state index in [-0.39, 0.29) is 12.0 Å². The smallest absolute Gasteiger partial charge is 0.261 e. The van der Waals surface area contributed by atoms with Gasteiger partial charge in [0.05, 0.1) is 18.0 Å². The molecule has 8 heteroatoms. The van der Waals surface area contributed by atoms with Crippen molar-refractivity contribution in [3.63, 3.8) is 0 Å². The van der Waals surface area contributed by atoms with Gasteiger partial charge in [-0.15, -0.1) is 0 Å². The van der Waals surface area contributed by atoms with E-state index in [4.69, 9.17) is 4.74 Å². The first kappa shape index (κ1) is 20.6. The molecule has 1 aliphatic rings. The SMILES string of the molecule is COc1cccc(NC(=O)CC(=O)Nc2ccc3nc4n(c(=O)c3c2)CCCCC4)c1. The third-order valence-electron chi connectivity index (χ3n) is 5.27. The van der Waals surface area contributed by atoms with Crippen molar-refractivity contribution in [2.75, 3.05) is 17.7 Å². The van der Waals surface area contributed by atoms with E-state index in [1.807, 2.05) is 0 Å². The van der Waals surface area contributed by atoms with E-state index in [0.29, 0.717) is 34.6 Å². The van der Waals surface area contributed by atoms with Gasteiger partial charge >= 0.3 is 0 Å². The lowest BCUT2D eigenvalue weighted by Gasteiger charge is -2.11. The summed E-state index contributed by atoms with van der Waals surface area (Å²) in [6, 6.07) is 11.9. The van der Waals surface area contributed by atoms with Gasteiger partial charge in [0.2, 0.25) is 11.8 Å². The van der Waals surface area contributed by atoms with Crippen molar-refractivity contribution in [2.45, 2.75) is 38.6 Å². The molecule has 2 amide bonds. The van der Waals surface area contributed by atoms with Crippen molar-refractivity contribution in [3.8, 4) is 5.75 Å². The standard InChI is InChI=1S/C23H24N4O4/c1-31-17-7-5-6-15(12-17)24-21(28)14-22(29)25-16-9-10-19-18(13-16)23(30)27-11-4-2-3-8-20(27)26-19/h5-7,9-10,12-13H,2-4,8,11,14H2,1H3,(H,24,28)(H,25,29). The lowest BCUT2D eigenvalue weighted by Crippen LogP contribution is -2.25. The predicted octanol–water partition coefficient (Wildman–Crippen LogP) is 3.10. The van der Waals surface area contributed by atoms with Crippen LogP contribution < -0.4 is 20.9 Å². The molecule has 0 radical (unpaired) electrons. The molecule has 4 rings (SSSR count). The number of carbonyl (C=O) groups is 2. The van der Waals surface area contributed by atoms with Crippen LogP contribution in [-0.2, 0) is 22.6 Å². The third kappa shape index (κ3) is 4.74. The second-order valence-corrected chi connectivity index (χ2v) is 7.53. The molecule has 1 aromatic heterocycles. The summed E-state index contributed by atoms with van der Waals surface area (Å²) in [5.41, 5.74) is 1.53. The zero-order chi connectivity index (χ0) is 21.8. The van der Waals surface area contributed by atoms with E-state index < -0.39 is 11.8 Å². The molecule has 0 fully saturated rings. The van der Waals surface area contributed by atoms with Crippen LogP contribution in [-0.4, -0.2) is 28.5 Å². The molecule has 0 saturated carbocycles. The van der Waals surface area contributed by atoms with Gasteiger partial charge in [0, 0.05) is 30.4 Å². The highest BCUT2D eigenvalue weighted by atomic mass is 16.5. The third-order valence-corrected chi connectivity index (χ3v) is 5.27. The number of aromatic nitrogens is 2. The zero-order valence-corrected chi connectivity index (χ0v) is 17.3. The van der Waals surface area contributed by atoms with Crippen LogP contribution in [0.5, 0.6) is 5.75 Å². The fourth-order valence-electron chi connectivity index (χ4n) is 3.75. The van der Waals surface area contributed by atoms with E-state index >= 15 is 0 Å². The van der Waals surface area contributed by atoms with Gasteiger partial charge in [-0.25, -0.2) is 4.98 Å². The predicted molar refractivity (Wildman–Crippen MR) is 118 cm³/mol. The second kappa shape index (κ2) is 8.99. The van der Waals surface area contributed by atoms with Crippen LogP contribution in [0.15, 0.2) is 47.3 Å². The maximum Gasteiger partial charge on any atom is 0.261 e. The summed E-state index contributed by atoms with van der Waals surface area (Å²) >= 11 is 0. The van der Waals surface area contributed by atoms with E-state index in [2.05, 4.69) is 15.6 Å². The van der Waals surface area contributed by atoms with Crippen LogP contribution in [0.2, 0.25) is 0 Å². The number of methoxy groups -OCH3 is 1. The van der Waals surface area contributed by atoms with Gasteiger partial charge in [-0.05, 0) is 43.2 Å². The number of hydrogen-bond donors (Lipinski definition) is 2. The quantitative estimate of drug-likeness (QED) is 0.618. The lowest BCUT2D eigenvalue weighted by molar-refractivity contribution is -0.123. The fraction of sp³-hybridized carbons (Fsp3) is 0.304. The van der Waals surface area contributed by atoms with Gasteiger partial charge in [0.1, 0.15) is 18.0 Å². The Labute approximate surface area is 179 Å². The van der Waals surface area contributed by atoms with Crippen molar-refractivity contribution >= 4 is 34.1 Å². The normalized spacial score (nSPS) is 13.2. The summed E-state index contributed by atoms with van der Waals surface area (Å²) < 4.78 is 6.86. The van der Waals surface area contributed by atoms with Crippen LogP contribution in [0, 0.1) is 0 Å². The van der Waals surface area contributed by atoms with Gasteiger partial charge < -0.3 is 15.4 Å². The monoisotopic (exact) mass is 420 g/mol. The average molecular weight is 420 g/mol. The molecule has 0 spiro atoms. The Morgan fingerprint density at radius 1 is 1.03 bits per heavy atom. The van der Waals surface area contributed by atoms with Crippen LogP contribution in [0.3, 0.4) is 0 Å².